The van der Waals surface area contributed by atoms with Crippen molar-refractivity contribution in [2.24, 2.45) is 0 Å². The molecule has 2 rings (SSSR count). The zero-order valence-electron chi connectivity index (χ0n) is 12.0. The van der Waals surface area contributed by atoms with Crippen LogP contribution in [0.5, 0.6) is 11.5 Å². The number of hydrogen-bond acceptors (Lipinski definition) is 4. The minimum atomic E-state index is -3.28. The number of rotatable bonds is 5. The first kappa shape index (κ1) is 15.5. The molecule has 0 bridgehead atoms. The van der Waals surface area contributed by atoms with Gasteiger partial charge in [-0.05, 0) is 30.7 Å². The van der Waals surface area contributed by atoms with E-state index in [1.807, 2.05) is 19.1 Å². The van der Waals surface area contributed by atoms with Crippen LogP contribution in [0.2, 0.25) is 0 Å². The molecule has 0 saturated carbocycles. The minimum Gasteiger partial charge on any atom is -0.457 e. The van der Waals surface area contributed by atoms with Gasteiger partial charge in [0.05, 0.1) is 11.0 Å². The van der Waals surface area contributed by atoms with Crippen molar-refractivity contribution in [3.63, 3.8) is 0 Å². The number of aliphatic hydroxyl groups is 1. The molecular formula is C16H18O4S. The Morgan fingerprint density at radius 2 is 1.86 bits per heavy atom. The summed E-state index contributed by atoms with van der Waals surface area (Å²) < 4.78 is 28.9. The maximum Gasteiger partial charge on any atom is 0.175 e. The molecule has 5 heteroatoms. The van der Waals surface area contributed by atoms with Gasteiger partial charge in [0, 0.05) is 11.8 Å². The topological polar surface area (TPSA) is 63.6 Å². The minimum absolute atomic E-state index is 0.202. The van der Waals surface area contributed by atoms with Crippen LogP contribution < -0.4 is 4.74 Å². The second-order valence-electron chi connectivity index (χ2n) is 4.81. The smallest absolute Gasteiger partial charge is 0.175 e. The van der Waals surface area contributed by atoms with E-state index < -0.39 is 15.9 Å². The number of benzene rings is 2. The van der Waals surface area contributed by atoms with Gasteiger partial charge in [0.2, 0.25) is 0 Å². The Morgan fingerprint density at radius 1 is 1.14 bits per heavy atom. The van der Waals surface area contributed by atoms with Crippen LogP contribution in [-0.4, -0.2) is 19.8 Å². The van der Waals surface area contributed by atoms with Crippen LogP contribution in [0.4, 0.5) is 0 Å². The fraction of sp³-hybridized carbons (Fsp3) is 0.250. The lowest BCUT2D eigenvalue weighted by atomic mass is 10.1. The lowest BCUT2D eigenvalue weighted by molar-refractivity contribution is 0.170. The molecule has 21 heavy (non-hydrogen) atoms. The maximum atomic E-state index is 11.6. The number of hydrogen-bond donors (Lipinski definition) is 1. The van der Waals surface area contributed by atoms with Crippen LogP contribution in [0.15, 0.2) is 53.4 Å². The first-order valence-corrected chi connectivity index (χ1v) is 8.56. The summed E-state index contributed by atoms with van der Waals surface area (Å²) in [6, 6.07) is 13.5. The van der Waals surface area contributed by atoms with Gasteiger partial charge in [-0.1, -0.05) is 31.2 Å². The normalized spacial score (nSPS) is 12.9. The van der Waals surface area contributed by atoms with Gasteiger partial charge in [-0.2, -0.15) is 0 Å². The molecule has 2 aromatic rings. The molecule has 112 valence electrons. The standard InChI is InChI=1S/C16H18O4S/c1-3-15(17)14-9-4-5-10-16(14)20-12-7-6-8-13(11-12)21(2,18)19/h4-11,15,17H,3H2,1-2H3/t15-/m0/s1. The molecule has 0 amide bonds. The first-order chi connectivity index (χ1) is 9.91. The average molecular weight is 306 g/mol. The lowest BCUT2D eigenvalue weighted by Crippen LogP contribution is -2.00. The van der Waals surface area contributed by atoms with E-state index in [1.54, 1.807) is 24.3 Å². The molecule has 4 nitrogen and oxygen atoms in total. The number of ether oxygens (including phenoxy) is 1. The van der Waals surface area contributed by atoms with Crippen LogP contribution in [0.1, 0.15) is 25.0 Å². The van der Waals surface area contributed by atoms with Gasteiger partial charge < -0.3 is 9.84 Å². The predicted octanol–water partition coefficient (Wildman–Crippen LogP) is 3.33. The van der Waals surface area contributed by atoms with Crippen molar-refractivity contribution in [2.75, 3.05) is 6.26 Å². The van der Waals surface area contributed by atoms with Crippen molar-refractivity contribution in [3.8, 4) is 11.5 Å². The highest BCUT2D eigenvalue weighted by atomic mass is 32.2. The van der Waals surface area contributed by atoms with Crippen molar-refractivity contribution in [3.05, 3.63) is 54.1 Å². The highest BCUT2D eigenvalue weighted by Crippen LogP contribution is 2.31. The van der Waals surface area contributed by atoms with Gasteiger partial charge in [0.15, 0.2) is 9.84 Å². The highest BCUT2D eigenvalue weighted by molar-refractivity contribution is 7.90. The van der Waals surface area contributed by atoms with Crippen molar-refractivity contribution in [1.82, 2.24) is 0 Å². The Morgan fingerprint density at radius 3 is 2.52 bits per heavy atom. The van der Waals surface area contributed by atoms with Gasteiger partial charge in [-0.3, -0.25) is 0 Å². The molecule has 0 aliphatic carbocycles. The summed E-state index contributed by atoms with van der Waals surface area (Å²) in [6.07, 6.45) is 1.12. The quantitative estimate of drug-likeness (QED) is 0.920. The van der Waals surface area contributed by atoms with E-state index in [-0.39, 0.29) is 4.90 Å². The van der Waals surface area contributed by atoms with Gasteiger partial charge >= 0.3 is 0 Å². The Bertz CT molecular complexity index is 723. The van der Waals surface area contributed by atoms with Gasteiger partial charge in [-0.15, -0.1) is 0 Å². The molecule has 0 radical (unpaired) electrons. The van der Waals surface area contributed by atoms with Crippen molar-refractivity contribution >= 4 is 9.84 Å². The van der Waals surface area contributed by atoms with Crippen molar-refractivity contribution < 1.29 is 18.3 Å². The molecule has 0 aromatic heterocycles. The summed E-state index contributed by atoms with van der Waals surface area (Å²) in [5, 5.41) is 10.00. The molecule has 0 spiro atoms. The Hall–Kier alpha value is -1.85. The zero-order valence-corrected chi connectivity index (χ0v) is 12.8. The molecule has 0 aliphatic heterocycles. The summed E-state index contributed by atoms with van der Waals surface area (Å²) in [5.41, 5.74) is 0.685. The Labute approximate surface area is 124 Å². The van der Waals surface area contributed by atoms with Crippen LogP contribution in [0.25, 0.3) is 0 Å². The summed E-state index contributed by atoms with van der Waals surface area (Å²) in [5.74, 6) is 0.950. The average Bonchev–Trinajstić information content (AvgIpc) is 2.46. The zero-order chi connectivity index (χ0) is 15.5. The van der Waals surface area contributed by atoms with Crippen LogP contribution >= 0.6 is 0 Å². The summed E-state index contributed by atoms with van der Waals surface area (Å²) in [7, 11) is -3.28. The summed E-state index contributed by atoms with van der Waals surface area (Å²) in [6.45, 7) is 1.88. The molecule has 0 unspecified atom stereocenters. The van der Waals surface area contributed by atoms with Crippen LogP contribution in [0, 0.1) is 0 Å². The molecule has 0 aliphatic rings. The van der Waals surface area contributed by atoms with E-state index >= 15 is 0 Å². The van der Waals surface area contributed by atoms with Crippen molar-refractivity contribution in [2.45, 2.75) is 24.3 Å². The van der Waals surface area contributed by atoms with Gasteiger partial charge in [-0.25, -0.2) is 8.42 Å². The van der Waals surface area contributed by atoms with Crippen molar-refractivity contribution in [1.29, 1.82) is 0 Å². The van der Waals surface area contributed by atoms with Crippen LogP contribution in [-0.2, 0) is 9.84 Å². The largest absolute Gasteiger partial charge is 0.457 e. The van der Waals surface area contributed by atoms with Gasteiger partial charge in [0.1, 0.15) is 11.5 Å². The lowest BCUT2D eigenvalue weighted by Gasteiger charge is -2.15. The molecular weight excluding hydrogens is 288 g/mol. The molecule has 2 aromatic carbocycles. The predicted molar refractivity (Wildman–Crippen MR) is 81.3 cm³/mol. The molecule has 0 heterocycles. The second kappa shape index (κ2) is 6.28. The third-order valence-corrected chi connectivity index (χ3v) is 4.24. The monoisotopic (exact) mass is 306 g/mol. The SMILES string of the molecule is CC[C@H](O)c1ccccc1Oc1cccc(S(C)(=O)=O)c1. The fourth-order valence-electron chi connectivity index (χ4n) is 1.96. The second-order valence-corrected chi connectivity index (χ2v) is 6.83. The molecule has 1 atom stereocenters. The summed E-state index contributed by atoms with van der Waals surface area (Å²) in [4.78, 5) is 0.202. The highest BCUT2D eigenvalue weighted by Gasteiger charge is 2.13. The Balaban J connectivity index is 2.35. The third kappa shape index (κ3) is 3.83. The fourth-order valence-corrected chi connectivity index (χ4v) is 2.62. The number of para-hydroxylation sites is 1. The third-order valence-electron chi connectivity index (χ3n) is 3.13. The van der Waals surface area contributed by atoms with Gasteiger partial charge in [0.25, 0.3) is 0 Å². The van der Waals surface area contributed by atoms with E-state index in [0.29, 0.717) is 23.5 Å². The van der Waals surface area contributed by atoms with E-state index in [1.165, 1.54) is 12.1 Å². The maximum absolute atomic E-state index is 11.6. The number of aliphatic hydroxyl groups excluding tert-OH is 1. The summed E-state index contributed by atoms with van der Waals surface area (Å²) >= 11 is 0. The number of sulfone groups is 1. The van der Waals surface area contributed by atoms with E-state index in [9.17, 15) is 13.5 Å². The molecule has 1 N–H and O–H groups in total. The first-order valence-electron chi connectivity index (χ1n) is 6.66. The van der Waals surface area contributed by atoms with E-state index in [0.717, 1.165) is 6.26 Å². The van der Waals surface area contributed by atoms with E-state index in [4.69, 9.17) is 4.74 Å². The molecule has 0 fully saturated rings. The van der Waals surface area contributed by atoms with E-state index in [2.05, 4.69) is 0 Å². The Kier molecular flexibility index (Phi) is 4.65. The van der Waals surface area contributed by atoms with Crippen LogP contribution in [0.3, 0.4) is 0 Å². The molecule has 0 saturated heterocycles.